The molecule has 76 valence electrons. The summed E-state index contributed by atoms with van der Waals surface area (Å²) in [6.07, 6.45) is 7.86. The molecular weight excluding hydrogens is 242 g/mol. The van der Waals surface area contributed by atoms with Crippen molar-refractivity contribution in [3.05, 3.63) is 18.6 Å². The van der Waals surface area contributed by atoms with E-state index in [0.717, 1.165) is 30.2 Å². The molecule has 1 aromatic heterocycles. The topological polar surface area (TPSA) is 29.0 Å². The summed E-state index contributed by atoms with van der Waals surface area (Å²) in [6, 6.07) is 0. The van der Waals surface area contributed by atoms with Crippen molar-refractivity contribution in [2.75, 3.05) is 23.3 Å². The fourth-order valence-electron chi connectivity index (χ4n) is 1.89. The highest BCUT2D eigenvalue weighted by Crippen LogP contribution is 2.23. The molecule has 0 amide bonds. The Labute approximate surface area is 92.7 Å². The van der Waals surface area contributed by atoms with Crippen molar-refractivity contribution >= 4 is 21.7 Å². The second kappa shape index (κ2) is 4.73. The highest BCUT2D eigenvalue weighted by Gasteiger charge is 2.22. The third-order valence-electron chi connectivity index (χ3n) is 2.68. The van der Waals surface area contributed by atoms with E-state index in [1.54, 1.807) is 12.4 Å². The number of hydrogen-bond acceptors (Lipinski definition) is 3. The zero-order valence-electron chi connectivity index (χ0n) is 8.06. The predicted molar refractivity (Wildman–Crippen MR) is 60.8 cm³/mol. The molecule has 2 rings (SSSR count). The van der Waals surface area contributed by atoms with E-state index in [-0.39, 0.29) is 0 Å². The van der Waals surface area contributed by atoms with Crippen molar-refractivity contribution < 1.29 is 0 Å². The van der Waals surface area contributed by atoms with E-state index >= 15 is 0 Å². The minimum absolute atomic E-state index is 0.816. The number of anilines is 1. The van der Waals surface area contributed by atoms with Gasteiger partial charge in [0.05, 0.1) is 6.20 Å². The Morgan fingerprint density at radius 3 is 3.14 bits per heavy atom. The van der Waals surface area contributed by atoms with E-state index in [4.69, 9.17) is 0 Å². The summed E-state index contributed by atoms with van der Waals surface area (Å²) in [5, 5.41) is 1.10. The second-order valence-electron chi connectivity index (χ2n) is 3.64. The van der Waals surface area contributed by atoms with Crippen LogP contribution in [0.2, 0.25) is 0 Å². The van der Waals surface area contributed by atoms with Gasteiger partial charge in [0.1, 0.15) is 5.82 Å². The van der Waals surface area contributed by atoms with Crippen LogP contribution in [0.15, 0.2) is 18.6 Å². The lowest BCUT2D eigenvalue weighted by Crippen LogP contribution is -2.20. The molecule has 0 saturated carbocycles. The first-order chi connectivity index (χ1) is 6.90. The van der Waals surface area contributed by atoms with Crippen molar-refractivity contribution in [2.24, 2.45) is 5.92 Å². The average Bonchev–Trinajstić information content (AvgIpc) is 2.68. The van der Waals surface area contributed by atoms with Gasteiger partial charge in [-0.05, 0) is 18.8 Å². The number of aromatic nitrogens is 2. The summed E-state index contributed by atoms with van der Waals surface area (Å²) < 4.78 is 0. The SMILES string of the molecule is BrCCC1CCN(c2cnccn2)C1. The van der Waals surface area contributed by atoms with E-state index in [2.05, 4.69) is 30.8 Å². The number of halogens is 1. The van der Waals surface area contributed by atoms with Crippen LogP contribution in [0.4, 0.5) is 5.82 Å². The van der Waals surface area contributed by atoms with Crippen LogP contribution in [0.5, 0.6) is 0 Å². The summed E-state index contributed by atoms with van der Waals surface area (Å²) in [6.45, 7) is 2.25. The van der Waals surface area contributed by atoms with Crippen molar-refractivity contribution in [1.29, 1.82) is 0 Å². The Hall–Kier alpha value is -0.640. The van der Waals surface area contributed by atoms with Gasteiger partial charge in [-0.1, -0.05) is 15.9 Å². The molecule has 3 nitrogen and oxygen atoms in total. The van der Waals surface area contributed by atoms with E-state index in [1.165, 1.54) is 12.8 Å². The van der Waals surface area contributed by atoms with Crippen LogP contribution in [0.3, 0.4) is 0 Å². The van der Waals surface area contributed by atoms with Gasteiger partial charge in [-0.3, -0.25) is 4.98 Å². The lowest BCUT2D eigenvalue weighted by Gasteiger charge is -2.16. The Morgan fingerprint density at radius 2 is 2.43 bits per heavy atom. The van der Waals surface area contributed by atoms with E-state index in [0.29, 0.717) is 0 Å². The maximum atomic E-state index is 4.31. The van der Waals surface area contributed by atoms with Crippen LogP contribution in [0.25, 0.3) is 0 Å². The lowest BCUT2D eigenvalue weighted by molar-refractivity contribution is 0.575. The molecule has 1 unspecified atom stereocenters. The molecule has 1 atom stereocenters. The highest BCUT2D eigenvalue weighted by molar-refractivity contribution is 9.09. The fraction of sp³-hybridized carbons (Fsp3) is 0.600. The zero-order valence-corrected chi connectivity index (χ0v) is 9.65. The maximum absolute atomic E-state index is 4.31. The molecular formula is C10H14BrN3. The summed E-state index contributed by atoms with van der Waals surface area (Å²) in [7, 11) is 0. The number of rotatable bonds is 3. The van der Waals surface area contributed by atoms with Gasteiger partial charge in [0.15, 0.2) is 0 Å². The molecule has 1 aromatic rings. The molecule has 0 spiro atoms. The molecule has 4 heteroatoms. The van der Waals surface area contributed by atoms with Crippen LogP contribution in [-0.2, 0) is 0 Å². The molecule has 1 fully saturated rings. The van der Waals surface area contributed by atoms with Gasteiger partial charge in [0, 0.05) is 30.8 Å². The van der Waals surface area contributed by atoms with Gasteiger partial charge in [-0.2, -0.15) is 0 Å². The van der Waals surface area contributed by atoms with Gasteiger partial charge in [0.2, 0.25) is 0 Å². The first-order valence-electron chi connectivity index (χ1n) is 4.97. The summed E-state index contributed by atoms with van der Waals surface area (Å²) in [5.74, 6) is 1.83. The summed E-state index contributed by atoms with van der Waals surface area (Å²) >= 11 is 3.49. The van der Waals surface area contributed by atoms with Crippen LogP contribution in [0.1, 0.15) is 12.8 Å². The number of nitrogens with zero attached hydrogens (tertiary/aromatic N) is 3. The van der Waals surface area contributed by atoms with E-state index in [9.17, 15) is 0 Å². The van der Waals surface area contributed by atoms with Crippen LogP contribution >= 0.6 is 15.9 Å². The molecule has 2 heterocycles. The normalized spacial score (nSPS) is 21.5. The molecule has 0 aliphatic carbocycles. The minimum Gasteiger partial charge on any atom is -0.355 e. The summed E-state index contributed by atoms with van der Waals surface area (Å²) in [4.78, 5) is 10.7. The van der Waals surface area contributed by atoms with Gasteiger partial charge in [-0.15, -0.1) is 0 Å². The van der Waals surface area contributed by atoms with Crippen LogP contribution in [0, 0.1) is 5.92 Å². The van der Waals surface area contributed by atoms with Crippen LogP contribution < -0.4 is 4.90 Å². The molecule has 0 radical (unpaired) electrons. The van der Waals surface area contributed by atoms with E-state index < -0.39 is 0 Å². The number of hydrogen-bond donors (Lipinski definition) is 0. The van der Waals surface area contributed by atoms with Crippen molar-refractivity contribution in [3.63, 3.8) is 0 Å². The number of alkyl halides is 1. The standard InChI is InChI=1S/C10H14BrN3/c11-3-1-9-2-6-14(8-9)10-7-12-4-5-13-10/h4-5,7,9H,1-3,6,8H2. The van der Waals surface area contributed by atoms with E-state index in [1.807, 2.05) is 6.20 Å². The lowest BCUT2D eigenvalue weighted by atomic mass is 10.1. The van der Waals surface area contributed by atoms with Crippen molar-refractivity contribution in [1.82, 2.24) is 9.97 Å². The highest BCUT2D eigenvalue weighted by atomic mass is 79.9. The van der Waals surface area contributed by atoms with Crippen LogP contribution in [-0.4, -0.2) is 28.4 Å². The van der Waals surface area contributed by atoms with Gasteiger partial charge >= 0.3 is 0 Å². The van der Waals surface area contributed by atoms with Crippen molar-refractivity contribution in [3.8, 4) is 0 Å². The maximum Gasteiger partial charge on any atom is 0.147 e. The fourth-order valence-corrected chi connectivity index (χ4v) is 2.53. The zero-order chi connectivity index (χ0) is 9.80. The van der Waals surface area contributed by atoms with Gasteiger partial charge < -0.3 is 4.90 Å². The molecule has 1 aliphatic rings. The Bertz CT molecular complexity index is 278. The van der Waals surface area contributed by atoms with Gasteiger partial charge in [0.25, 0.3) is 0 Å². The molecule has 14 heavy (non-hydrogen) atoms. The Morgan fingerprint density at radius 1 is 1.50 bits per heavy atom. The molecule has 0 aromatic carbocycles. The smallest absolute Gasteiger partial charge is 0.147 e. The minimum atomic E-state index is 0.816. The first-order valence-corrected chi connectivity index (χ1v) is 6.09. The quantitative estimate of drug-likeness (QED) is 0.775. The third kappa shape index (κ3) is 2.23. The molecule has 1 saturated heterocycles. The second-order valence-corrected chi connectivity index (χ2v) is 4.43. The Kier molecular flexibility index (Phi) is 3.35. The third-order valence-corrected chi connectivity index (χ3v) is 3.13. The summed E-state index contributed by atoms with van der Waals surface area (Å²) in [5.41, 5.74) is 0. The monoisotopic (exact) mass is 255 g/mol. The van der Waals surface area contributed by atoms with Gasteiger partial charge in [-0.25, -0.2) is 4.98 Å². The predicted octanol–water partition coefficient (Wildman–Crippen LogP) is 2.09. The molecule has 0 N–H and O–H groups in total. The molecule has 0 bridgehead atoms. The molecule has 1 aliphatic heterocycles. The van der Waals surface area contributed by atoms with Crippen molar-refractivity contribution in [2.45, 2.75) is 12.8 Å². The first kappa shape index (κ1) is 9.90. The Balaban J connectivity index is 1.96. The average molecular weight is 256 g/mol. The largest absolute Gasteiger partial charge is 0.355 e.